The highest BCUT2D eigenvalue weighted by Crippen LogP contribution is 2.14. The first-order chi connectivity index (χ1) is 12.1. The highest BCUT2D eigenvalue weighted by molar-refractivity contribution is 9.10. The summed E-state index contributed by atoms with van der Waals surface area (Å²) in [5.74, 6) is -0.0878. The lowest BCUT2D eigenvalue weighted by Crippen LogP contribution is -2.51. The molecular weight excluding hydrogens is 388 g/mol. The van der Waals surface area contributed by atoms with E-state index in [1.165, 1.54) is 5.56 Å². The molecule has 0 bridgehead atoms. The Morgan fingerprint density at radius 2 is 2.04 bits per heavy atom. The minimum atomic E-state index is -0.304. The molecule has 7 heteroatoms. The smallest absolute Gasteiger partial charge is 0.287 e. The Kier molecular flexibility index (Phi) is 5.88. The summed E-state index contributed by atoms with van der Waals surface area (Å²) in [5, 5.41) is 2.77. The number of nitrogens with zero attached hydrogens (tertiary/aromatic N) is 1. The molecule has 1 unspecified atom stereocenters. The van der Waals surface area contributed by atoms with Crippen LogP contribution in [0.3, 0.4) is 0 Å². The number of hydrogen-bond acceptors (Lipinski definition) is 4. The fourth-order valence-electron chi connectivity index (χ4n) is 2.66. The third-order valence-electron chi connectivity index (χ3n) is 4.02. The maximum Gasteiger partial charge on any atom is 0.287 e. The number of carbonyl (C=O) groups excluding carboxylic acids is 2. The van der Waals surface area contributed by atoms with Gasteiger partial charge in [-0.2, -0.15) is 0 Å². The maximum absolute atomic E-state index is 12.0. The van der Waals surface area contributed by atoms with Gasteiger partial charge in [-0.25, -0.2) is 0 Å². The number of benzene rings is 1. The first-order valence-electron chi connectivity index (χ1n) is 8.08. The summed E-state index contributed by atoms with van der Waals surface area (Å²) in [5.41, 5.74) is 1.19. The van der Waals surface area contributed by atoms with Gasteiger partial charge >= 0.3 is 0 Å². The van der Waals surface area contributed by atoms with Crippen LogP contribution in [0.15, 0.2) is 51.6 Å². The van der Waals surface area contributed by atoms with Crippen molar-refractivity contribution in [2.45, 2.75) is 12.5 Å². The summed E-state index contributed by atoms with van der Waals surface area (Å²) in [6.07, 6.45) is 0.572. The van der Waals surface area contributed by atoms with Crippen LogP contribution in [0.5, 0.6) is 0 Å². The molecule has 6 nitrogen and oxygen atoms in total. The zero-order valence-corrected chi connectivity index (χ0v) is 15.2. The zero-order chi connectivity index (χ0) is 17.6. The van der Waals surface area contributed by atoms with Crippen molar-refractivity contribution >= 4 is 27.7 Å². The maximum atomic E-state index is 12.0. The largest absolute Gasteiger partial charge is 0.444 e. The van der Waals surface area contributed by atoms with E-state index < -0.39 is 0 Å². The van der Waals surface area contributed by atoms with Gasteiger partial charge in [-0.3, -0.25) is 9.59 Å². The molecule has 25 heavy (non-hydrogen) atoms. The van der Waals surface area contributed by atoms with E-state index >= 15 is 0 Å². The van der Waals surface area contributed by atoms with Crippen molar-refractivity contribution in [3.8, 4) is 0 Å². The van der Waals surface area contributed by atoms with E-state index in [0.717, 1.165) is 6.42 Å². The summed E-state index contributed by atoms with van der Waals surface area (Å²) in [6, 6.07) is 13.3. The van der Waals surface area contributed by atoms with Crippen LogP contribution in [0.1, 0.15) is 16.1 Å². The number of amides is 2. The number of hydrogen-bond donors (Lipinski definition) is 1. The lowest BCUT2D eigenvalue weighted by atomic mass is 10.1. The van der Waals surface area contributed by atoms with Gasteiger partial charge in [0.05, 0.1) is 6.10 Å². The second-order valence-corrected chi connectivity index (χ2v) is 6.60. The van der Waals surface area contributed by atoms with Crippen molar-refractivity contribution in [3.05, 3.63) is 58.5 Å². The van der Waals surface area contributed by atoms with Gasteiger partial charge in [0.25, 0.3) is 5.91 Å². The van der Waals surface area contributed by atoms with Crippen LogP contribution in [0.25, 0.3) is 0 Å². The predicted octanol–water partition coefficient (Wildman–Crippen LogP) is 2.24. The summed E-state index contributed by atoms with van der Waals surface area (Å²) in [4.78, 5) is 25.8. The fraction of sp³-hybridized carbons (Fsp3) is 0.333. The standard InChI is InChI=1S/C18H19BrN2O4/c19-16-7-6-15(25-16)18(23)20-10-14-11-21(17(22)12-24-14)9-8-13-4-2-1-3-5-13/h1-7,14H,8-12H2,(H,20,23). The molecule has 132 valence electrons. The van der Waals surface area contributed by atoms with E-state index in [0.29, 0.717) is 24.3 Å². The molecular formula is C18H19BrN2O4. The summed E-state index contributed by atoms with van der Waals surface area (Å²) in [7, 11) is 0. The Morgan fingerprint density at radius 3 is 2.76 bits per heavy atom. The molecule has 1 atom stereocenters. The van der Waals surface area contributed by atoms with Crippen LogP contribution in [-0.2, 0) is 16.0 Å². The second kappa shape index (κ2) is 8.31. The molecule has 2 heterocycles. The van der Waals surface area contributed by atoms with Crippen molar-refractivity contribution in [1.82, 2.24) is 10.2 Å². The topological polar surface area (TPSA) is 71.8 Å². The average Bonchev–Trinajstić information content (AvgIpc) is 3.07. The van der Waals surface area contributed by atoms with Crippen molar-refractivity contribution in [3.63, 3.8) is 0 Å². The first kappa shape index (κ1) is 17.7. The van der Waals surface area contributed by atoms with E-state index in [2.05, 4.69) is 21.2 Å². The van der Waals surface area contributed by atoms with Crippen LogP contribution in [0, 0.1) is 0 Å². The van der Waals surface area contributed by atoms with E-state index in [9.17, 15) is 9.59 Å². The van der Waals surface area contributed by atoms with E-state index in [1.54, 1.807) is 17.0 Å². The van der Waals surface area contributed by atoms with Crippen molar-refractivity contribution < 1.29 is 18.7 Å². The van der Waals surface area contributed by atoms with Crippen LogP contribution >= 0.6 is 15.9 Å². The Bertz CT molecular complexity index is 732. The molecule has 1 aliphatic rings. The number of halogens is 1. The molecule has 0 radical (unpaired) electrons. The van der Waals surface area contributed by atoms with Gasteiger partial charge in [0.2, 0.25) is 5.91 Å². The zero-order valence-electron chi connectivity index (χ0n) is 13.6. The van der Waals surface area contributed by atoms with E-state index in [1.807, 2.05) is 30.3 Å². The fourth-order valence-corrected chi connectivity index (χ4v) is 2.97. The molecule has 1 aromatic heterocycles. The van der Waals surface area contributed by atoms with Crippen molar-refractivity contribution in [2.75, 3.05) is 26.2 Å². The van der Waals surface area contributed by atoms with Gasteiger partial charge < -0.3 is 19.4 Å². The highest BCUT2D eigenvalue weighted by atomic mass is 79.9. The average molecular weight is 407 g/mol. The molecule has 3 rings (SSSR count). The third kappa shape index (κ3) is 4.93. The highest BCUT2D eigenvalue weighted by Gasteiger charge is 2.26. The van der Waals surface area contributed by atoms with Gasteiger partial charge in [0.1, 0.15) is 6.61 Å². The molecule has 0 saturated carbocycles. The van der Waals surface area contributed by atoms with Crippen molar-refractivity contribution in [2.24, 2.45) is 0 Å². The number of rotatable bonds is 6. The van der Waals surface area contributed by atoms with Gasteiger partial charge in [-0.1, -0.05) is 30.3 Å². The lowest BCUT2D eigenvalue weighted by molar-refractivity contribution is -0.148. The Hall–Kier alpha value is -2.12. The quantitative estimate of drug-likeness (QED) is 0.798. The molecule has 0 aliphatic carbocycles. The molecule has 1 N–H and O–H groups in total. The van der Waals surface area contributed by atoms with Gasteiger partial charge in [0.15, 0.2) is 10.4 Å². The molecule has 0 spiro atoms. The lowest BCUT2D eigenvalue weighted by Gasteiger charge is -2.32. The van der Waals surface area contributed by atoms with Crippen LogP contribution in [0.4, 0.5) is 0 Å². The molecule has 1 saturated heterocycles. The second-order valence-electron chi connectivity index (χ2n) is 5.82. The molecule has 2 amide bonds. The van der Waals surface area contributed by atoms with Crippen LogP contribution in [-0.4, -0.2) is 49.1 Å². The van der Waals surface area contributed by atoms with E-state index in [-0.39, 0.29) is 30.3 Å². The minimum Gasteiger partial charge on any atom is -0.444 e. The molecule has 1 aliphatic heterocycles. The molecule has 2 aromatic rings. The van der Waals surface area contributed by atoms with Gasteiger partial charge in [0, 0.05) is 19.6 Å². The first-order valence-corrected chi connectivity index (χ1v) is 8.88. The van der Waals surface area contributed by atoms with Gasteiger partial charge in [-0.15, -0.1) is 0 Å². The number of furan rings is 1. The number of carbonyl (C=O) groups is 2. The van der Waals surface area contributed by atoms with E-state index in [4.69, 9.17) is 9.15 Å². The van der Waals surface area contributed by atoms with Crippen molar-refractivity contribution in [1.29, 1.82) is 0 Å². The van der Waals surface area contributed by atoms with Gasteiger partial charge in [-0.05, 0) is 40.0 Å². The Morgan fingerprint density at radius 1 is 1.24 bits per heavy atom. The molecule has 1 fully saturated rings. The Labute approximate surface area is 154 Å². The summed E-state index contributed by atoms with van der Waals surface area (Å²) in [6.45, 7) is 1.48. The van der Waals surface area contributed by atoms with Crippen LogP contribution in [0.2, 0.25) is 0 Å². The number of morpholine rings is 1. The number of nitrogens with one attached hydrogen (secondary N) is 1. The van der Waals surface area contributed by atoms with Crippen LogP contribution < -0.4 is 5.32 Å². The predicted molar refractivity (Wildman–Crippen MR) is 95.2 cm³/mol. The summed E-state index contributed by atoms with van der Waals surface area (Å²) < 4.78 is 11.2. The third-order valence-corrected chi connectivity index (χ3v) is 4.45. The monoisotopic (exact) mass is 406 g/mol. The minimum absolute atomic E-state index is 0.0199. The summed E-state index contributed by atoms with van der Waals surface area (Å²) >= 11 is 3.16. The number of ether oxygens (including phenoxy) is 1. The normalized spacial score (nSPS) is 17.6. The SMILES string of the molecule is O=C(NCC1CN(CCc2ccccc2)C(=O)CO1)c1ccc(Br)o1. The Balaban J connectivity index is 1.48. The molecule has 1 aromatic carbocycles.